The van der Waals surface area contributed by atoms with Gasteiger partial charge in [0.25, 0.3) is 5.82 Å². The van der Waals surface area contributed by atoms with Crippen LogP contribution >= 0.6 is 0 Å². The van der Waals surface area contributed by atoms with Crippen LogP contribution in [-0.2, 0) is 6.18 Å². The quantitative estimate of drug-likeness (QED) is 0.865. The molecule has 2 aromatic rings. The van der Waals surface area contributed by atoms with E-state index in [2.05, 4.69) is 20.6 Å². The first-order chi connectivity index (χ1) is 10.0. The fraction of sp³-hybridized carbons (Fsp3) is 0.615. The molecule has 114 valence electrons. The minimum absolute atomic E-state index is 0.0914. The van der Waals surface area contributed by atoms with Crippen molar-refractivity contribution in [3.63, 3.8) is 0 Å². The van der Waals surface area contributed by atoms with Crippen molar-refractivity contribution < 1.29 is 13.2 Å². The normalized spacial score (nSPS) is 17.9. The van der Waals surface area contributed by atoms with Gasteiger partial charge in [-0.05, 0) is 25.0 Å². The lowest BCUT2D eigenvalue weighted by atomic mass is 10.1. The largest absolute Gasteiger partial charge is 0.453 e. The number of alkyl halides is 3. The van der Waals surface area contributed by atoms with E-state index in [1.165, 1.54) is 18.9 Å². The van der Waals surface area contributed by atoms with E-state index >= 15 is 0 Å². The fourth-order valence-corrected chi connectivity index (χ4v) is 2.68. The topological polar surface area (TPSA) is 55.1 Å². The predicted octanol–water partition coefficient (Wildman–Crippen LogP) is 3.28. The molecule has 21 heavy (non-hydrogen) atoms. The molecule has 0 saturated heterocycles. The van der Waals surface area contributed by atoms with Gasteiger partial charge in [0.2, 0.25) is 0 Å². The first kappa shape index (κ1) is 14.1. The highest BCUT2D eigenvalue weighted by Crippen LogP contribution is 2.28. The zero-order chi connectivity index (χ0) is 14.9. The Kier molecular flexibility index (Phi) is 3.69. The monoisotopic (exact) mass is 299 g/mol. The van der Waals surface area contributed by atoms with E-state index in [4.69, 9.17) is 0 Å². The van der Waals surface area contributed by atoms with Crippen LogP contribution in [0.5, 0.6) is 0 Å². The van der Waals surface area contributed by atoms with Gasteiger partial charge in [-0.25, -0.2) is 0 Å². The zero-order valence-electron chi connectivity index (χ0n) is 11.4. The summed E-state index contributed by atoms with van der Waals surface area (Å²) in [5.74, 6) is -0.665. The number of hydrogen-bond acceptors (Lipinski definition) is 4. The summed E-state index contributed by atoms with van der Waals surface area (Å²) in [6.07, 6.45) is 2.19. The van der Waals surface area contributed by atoms with Crippen LogP contribution in [0.3, 0.4) is 0 Å². The summed E-state index contributed by atoms with van der Waals surface area (Å²) in [7, 11) is 0. The first-order valence-corrected chi connectivity index (χ1v) is 7.10. The Morgan fingerprint density at radius 1 is 1.05 bits per heavy atom. The second-order valence-corrected chi connectivity index (χ2v) is 5.34. The van der Waals surface area contributed by atoms with Gasteiger partial charge in [0, 0.05) is 6.04 Å². The maximum atomic E-state index is 12.8. The fourth-order valence-electron chi connectivity index (χ4n) is 2.68. The van der Waals surface area contributed by atoms with Crippen LogP contribution in [0, 0.1) is 0 Å². The van der Waals surface area contributed by atoms with Crippen molar-refractivity contribution in [2.24, 2.45) is 0 Å². The summed E-state index contributed by atoms with van der Waals surface area (Å²) in [5, 5.41) is 13.9. The maximum Gasteiger partial charge on any atom is 0.453 e. The second-order valence-electron chi connectivity index (χ2n) is 5.34. The molecule has 1 aliphatic carbocycles. The Morgan fingerprint density at radius 2 is 1.76 bits per heavy atom. The molecule has 8 heteroatoms. The lowest BCUT2D eigenvalue weighted by molar-refractivity contribution is -0.146. The highest BCUT2D eigenvalue weighted by molar-refractivity contribution is 5.44. The van der Waals surface area contributed by atoms with Gasteiger partial charge in [0.15, 0.2) is 5.65 Å². The molecule has 0 spiro atoms. The Balaban J connectivity index is 1.86. The second kappa shape index (κ2) is 5.50. The number of nitrogens with zero attached hydrogens (tertiary/aromatic N) is 4. The maximum absolute atomic E-state index is 12.8. The van der Waals surface area contributed by atoms with Crippen molar-refractivity contribution in [3.8, 4) is 0 Å². The van der Waals surface area contributed by atoms with Gasteiger partial charge in [-0.2, -0.15) is 17.7 Å². The standard InChI is InChI=1S/C13H16F3N5/c14-13(15,16)12-19-18-11-8-7-10(20-21(11)12)17-9-5-3-1-2-4-6-9/h7-9H,1-6H2,(H,17,20). The lowest BCUT2D eigenvalue weighted by Gasteiger charge is -2.16. The van der Waals surface area contributed by atoms with E-state index in [9.17, 15) is 13.2 Å². The van der Waals surface area contributed by atoms with Crippen molar-refractivity contribution in [3.05, 3.63) is 18.0 Å². The number of hydrogen-bond donors (Lipinski definition) is 1. The molecule has 0 aromatic carbocycles. The Bertz CT molecular complexity index is 614. The van der Waals surface area contributed by atoms with Crippen molar-refractivity contribution >= 4 is 11.5 Å². The molecule has 1 aliphatic rings. The highest BCUT2D eigenvalue weighted by Gasteiger charge is 2.37. The average Bonchev–Trinajstić information content (AvgIpc) is 2.69. The van der Waals surface area contributed by atoms with Crippen molar-refractivity contribution in [1.82, 2.24) is 19.8 Å². The molecule has 1 N–H and O–H groups in total. The number of rotatable bonds is 2. The molecule has 0 atom stereocenters. The van der Waals surface area contributed by atoms with Gasteiger partial charge in [0.05, 0.1) is 0 Å². The lowest BCUT2D eigenvalue weighted by Crippen LogP contribution is -2.20. The third kappa shape index (κ3) is 3.08. The van der Waals surface area contributed by atoms with Crippen LogP contribution in [0.2, 0.25) is 0 Å². The third-order valence-corrected chi connectivity index (χ3v) is 3.72. The van der Waals surface area contributed by atoms with Gasteiger partial charge in [0.1, 0.15) is 5.82 Å². The molecular weight excluding hydrogens is 283 g/mol. The van der Waals surface area contributed by atoms with Gasteiger partial charge < -0.3 is 5.32 Å². The van der Waals surface area contributed by atoms with Crippen LogP contribution in [0.25, 0.3) is 5.65 Å². The van der Waals surface area contributed by atoms with Crippen molar-refractivity contribution in [2.75, 3.05) is 5.32 Å². The zero-order valence-corrected chi connectivity index (χ0v) is 11.4. The summed E-state index contributed by atoms with van der Waals surface area (Å²) >= 11 is 0. The molecule has 1 fully saturated rings. The van der Waals surface area contributed by atoms with E-state index in [1.54, 1.807) is 6.07 Å². The number of fused-ring (bicyclic) bond motifs is 1. The minimum atomic E-state index is -4.56. The average molecular weight is 299 g/mol. The molecule has 2 heterocycles. The van der Waals surface area contributed by atoms with E-state index in [0.29, 0.717) is 5.82 Å². The molecule has 3 rings (SSSR count). The molecule has 0 amide bonds. The van der Waals surface area contributed by atoms with Gasteiger partial charge >= 0.3 is 6.18 Å². The molecule has 0 radical (unpaired) electrons. The van der Waals surface area contributed by atoms with Gasteiger partial charge in [-0.3, -0.25) is 0 Å². The minimum Gasteiger partial charge on any atom is -0.366 e. The summed E-state index contributed by atoms with van der Waals surface area (Å²) in [6, 6.07) is 3.41. The van der Waals surface area contributed by atoms with Gasteiger partial charge in [-0.15, -0.1) is 15.3 Å². The SMILES string of the molecule is FC(F)(F)c1nnc2ccc(NC3CCCCCC3)nn12. The molecular formula is C13H16F3N5. The van der Waals surface area contributed by atoms with E-state index in [1.807, 2.05) is 0 Å². The van der Waals surface area contributed by atoms with Crippen molar-refractivity contribution in [1.29, 1.82) is 0 Å². The van der Waals surface area contributed by atoms with Crippen LogP contribution in [0.1, 0.15) is 44.3 Å². The molecule has 0 bridgehead atoms. The van der Waals surface area contributed by atoms with E-state index in [0.717, 1.165) is 30.2 Å². The smallest absolute Gasteiger partial charge is 0.366 e. The molecule has 1 saturated carbocycles. The molecule has 0 unspecified atom stereocenters. The number of nitrogens with one attached hydrogen (secondary N) is 1. The van der Waals surface area contributed by atoms with Crippen LogP contribution in [-0.4, -0.2) is 25.9 Å². The van der Waals surface area contributed by atoms with E-state index in [-0.39, 0.29) is 11.7 Å². The summed E-state index contributed by atoms with van der Waals surface area (Å²) < 4.78 is 39.2. The summed E-state index contributed by atoms with van der Waals surface area (Å²) in [6.45, 7) is 0. The van der Waals surface area contributed by atoms with Crippen LogP contribution in [0.4, 0.5) is 19.0 Å². The molecule has 0 aliphatic heterocycles. The predicted molar refractivity (Wildman–Crippen MR) is 70.9 cm³/mol. The number of halogens is 3. The summed E-state index contributed by atoms with van der Waals surface area (Å²) in [5.41, 5.74) is 0.0914. The molecule has 2 aromatic heterocycles. The van der Waals surface area contributed by atoms with Gasteiger partial charge in [-0.1, -0.05) is 25.7 Å². The number of anilines is 1. The Hall–Kier alpha value is -1.86. The Morgan fingerprint density at radius 3 is 2.43 bits per heavy atom. The van der Waals surface area contributed by atoms with Crippen LogP contribution < -0.4 is 5.32 Å². The molecule has 5 nitrogen and oxygen atoms in total. The summed E-state index contributed by atoms with van der Waals surface area (Å²) in [4.78, 5) is 0. The highest BCUT2D eigenvalue weighted by atomic mass is 19.4. The Labute approximate surface area is 119 Å². The number of aromatic nitrogens is 4. The van der Waals surface area contributed by atoms with Crippen LogP contribution in [0.15, 0.2) is 12.1 Å². The van der Waals surface area contributed by atoms with Crippen molar-refractivity contribution in [2.45, 2.75) is 50.7 Å². The third-order valence-electron chi connectivity index (χ3n) is 3.72. The van der Waals surface area contributed by atoms with E-state index < -0.39 is 12.0 Å². The first-order valence-electron chi connectivity index (χ1n) is 7.10.